The number of aromatic hydroxyl groups is 1. The Morgan fingerprint density at radius 2 is 1.77 bits per heavy atom. The molecule has 0 saturated carbocycles. The van der Waals surface area contributed by atoms with Gasteiger partial charge in [0, 0.05) is 22.9 Å². The summed E-state index contributed by atoms with van der Waals surface area (Å²) in [6, 6.07) is 7.71. The minimum Gasteiger partial charge on any atom is -0.507 e. The first-order valence-corrected chi connectivity index (χ1v) is 8.85. The summed E-state index contributed by atoms with van der Waals surface area (Å²) < 4.78 is 0. The van der Waals surface area contributed by atoms with Crippen LogP contribution in [0.2, 0.25) is 0 Å². The zero-order valence-electron chi connectivity index (χ0n) is 16.3. The lowest BCUT2D eigenvalue weighted by molar-refractivity contribution is -0.110. The Balaban J connectivity index is 2.24. The Hall–Kier alpha value is -2.62. The van der Waals surface area contributed by atoms with E-state index in [4.69, 9.17) is 0 Å². The van der Waals surface area contributed by atoms with Gasteiger partial charge in [-0.3, -0.25) is 4.79 Å². The predicted octanol–water partition coefficient (Wildman–Crippen LogP) is 4.87. The zero-order chi connectivity index (χ0) is 19.3. The van der Waals surface area contributed by atoms with Crippen LogP contribution in [0.15, 0.2) is 30.5 Å². The van der Waals surface area contributed by atoms with Crippen molar-refractivity contribution in [1.29, 1.82) is 0 Å². The summed E-state index contributed by atoms with van der Waals surface area (Å²) in [6.45, 7) is 12.7. The van der Waals surface area contributed by atoms with Gasteiger partial charge in [-0.15, -0.1) is 0 Å². The Morgan fingerprint density at radius 3 is 2.38 bits per heavy atom. The van der Waals surface area contributed by atoms with E-state index in [-0.39, 0.29) is 22.5 Å². The van der Waals surface area contributed by atoms with Crippen LogP contribution in [0.25, 0.3) is 11.6 Å². The molecule has 3 rings (SSSR count). The number of benzene rings is 1. The second kappa shape index (κ2) is 5.97. The second-order valence-electron chi connectivity index (χ2n) is 8.87. The lowest BCUT2D eigenvalue weighted by Gasteiger charge is -2.27. The van der Waals surface area contributed by atoms with E-state index in [1.165, 1.54) is 0 Å². The van der Waals surface area contributed by atoms with Crippen molar-refractivity contribution in [3.05, 3.63) is 52.7 Å². The molecule has 1 aliphatic heterocycles. The fraction of sp³-hybridized carbons (Fsp3) is 0.364. The summed E-state index contributed by atoms with van der Waals surface area (Å²) in [4.78, 5) is 16.6. The van der Waals surface area contributed by atoms with Crippen LogP contribution in [0.1, 0.15) is 63.8 Å². The summed E-state index contributed by atoms with van der Waals surface area (Å²) in [5.74, 6) is 0.589. The minimum atomic E-state index is -0.212. The topological polar surface area (TPSA) is 62.2 Å². The van der Waals surface area contributed by atoms with Gasteiger partial charge in [0.2, 0.25) is 0 Å². The van der Waals surface area contributed by atoms with Crippen LogP contribution in [0, 0.1) is 0 Å². The van der Waals surface area contributed by atoms with Crippen molar-refractivity contribution in [2.75, 3.05) is 5.32 Å². The van der Waals surface area contributed by atoms with Gasteiger partial charge < -0.3 is 10.4 Å². The number of aromatic nitrogens is 1. The molecular weight excluding hydrogens is 324 g/mol. The average Bonchev–Trinajstić information content (AvgIpc) is 2.83. The molecule has 4 nitrogen and oxygen atoms in total. The van der Waals surface area contributed by atoms with Gasteiger partial charge in [-0.05, 0) is 40.7 Å². The third kappa shape index (κ3) is 3.24. The lowest BCUT2D eigenvalue weighted by Crippen LogP contribution is -2.17. The maximum atomic E-state index is 12.4. The molecule has 1 aromatic carbocycles. The maximum absolute atomic E-state index is 12.4. The molecule has 2 aromatic rings. The number of phenols is 1. The van der Waals surface area contributed by atoms with Crippen LogP contribution in [0.4, 0.5) is 5.82 Å². The average molecular weight is 350 g/mol. The summed E-state index contributed by atoms with van der Waals surface area (Å²) in [7, 11) is 0. The van der Waals surface area contributed by atoms with Crippen LogP contribution in [0.3, 0.4) is 0 Å². The normalized spacial score (nSPS) is 15.9. The van der Waals surface area contributed by atoms with Crippen molar-refractivity contribution in [1.82, 2.24) is 4.98 Å². The number of nitrogens with one attached hydrogen (secondary N) is 1. The third-order valence-corrected chi connectivity index (χ3v) is 4.69. The van der Waals surface area contributed by atoms with Crippen LogP contribution in [-0.2, 0) is 15.6 Å². The highest BCUT2D eigenvalue weighted by atomic mass is 16.3. The fourth-order valence-electron chi connectivity index (χ4n) is 3.09. The van der Waals surface area contributed by atoms with Crippen molar-refractivity contribution < 1.29 is 9.90 Å². The number of hydrogen-bond donors (Lipinski definition) is 2. The number of nitrogens with zero attached hydrogens (tertiary/aromatic N) is 1. The van der Waals surface area contributed by atoms with Crippen LogP contribution < -0.4 is 5.32 Å². The molecule has 0 bridgehead atoms. The standard InChI is InChI=1S/C22H26N2O2/c1-21(2,3)14-10-13(18(25)17(12-14)22(4,5)6)11-16-15-8-7-9-23-19(15)24-20(16)26/h7-12,25H,1-6H3,(H,23,24,26). The van der Waals surface area contributed by atoms with Crippen LogP contribution >= 0.6 is 0 Å². The van der Waals surface area contributed by atoms with E-state index in [1.54, 1.807) is 18.3 Å². The van der Waals surface area contributed by atoms with Gasteiger partial charge in [-0.2, -0.15) is 0 Å². The molecular formula is C22H26N2O2. The molecule has 1 aliphatic rings. The first-order valence-electron chi connectivity index (χ1n) is 8.85. The lowest BCUT2D eigenvalue weighted by atomic mass is 9.78. The first-order chi connectivity index (χ1) is 12.0. The highest BCUT2D eigenvalue weighted by molar-refractivity contribution is 6.34. The SMILES string of the molecule is CC(C)(C)c1cc(C=C2C(=O)Nc3ncccc32)c(O)c(C(C)(C)C)c1. The quantitative estimate of drug-likeness (QED) is 0.721. The molecule has 136 valence electrons. The molecule has 26 heavy (non-hydrogen) atoms. The van der Waals surface area contributed by atoms with Gasteiger partial charge >= 0.3 is 0 Å². The number of carbonyl (C=O) groups excluding carboxylic acids is 1. The number of phenolic OH excluding ortho intramolecular Hbond substituents is 1. The van der Waals surface area contributed by atoms with Crippen molar-refractivity contribution >= 4 is 23.4 Å². The minimum absolute atomic E-state index is 0.0711. The van der Waals surface area contributed by atoms with E-state index in [0.29, 0.717) is 17.0 Å². The summed E-state index contributed by atoms with van der Waals surface area (Å²) in [6.07, 6.45) is 3.42. The molecule has 0 unspecified atom stereocenters. The van der Waals surface area contributed by atoms with Crippen molar-refractivity contribution in [3.8, 4) is 5.75 Å². The Morgan fingerprint density at radius 1 is 1.08 bits per heavy atom. The highest BCUT2D eigenvalue weighted by Gasteiger charge is 2.28. The van der Waals surface area contributed by atoms with Crippen molar-refractivity contribution in [2.45, 2.75) is 52.4 Å². The number of pyridine rings is 1. The van der Waals surface area contributed by atoms with Gasteiger partial charge in [0.25, 0.3) is 5.91 Å². The van der Waals surface area contributed by atoms with Gasteiger partial charge in [-0.1, -0.05) is 47.6 Å². The van der Waals surface area contributed by atoms with Crippen molar-refractivity contribution in [2.24, 2.45) is 0 Å². The van der Waals surface area contributed by atoms with E-state index >= 15 is 0 Å². The Bertz CT molecular complexity index is 913. The number of amides is 1. The molecule has 0 spiro atoms. The van der Waals surface area contributed by atoms with Gasteiger partial charge in [0.1, 0.15) is 11.6 Å². The predicted molar refractivity (Wildman–Crippen MR) is 106 cm³/mol. The second-order valence-corrected chi connectivity index (χ2v) is 8.87. The first kappa shape index (κ1) is 18.2. The zero-order valence-corrected chi connectivity index (χ0v) is 16.3. The molecule has 2 heterocycles. The highest BCUT2D eigenvalue weighted by Crippen LogP contribution is 2.40. The number of anilines is 1. The largest absolute Gasteiger partial charge is 0.507 e. The third-order valence-electron chi connectivity index (χ3n) is 4.69. The van der Waals surface area contributed by atoms with Gasteiger partial charge in [-0.25, -0.2) is 4.98 Å². The van der Waals surface area contributed by atoms with E-state index < -0.39 is 0 Å². The Labute approximate surface area is 155 Å². The molecule has 2 N–H and O–H groups in total. The van der Waals surface area contributed by atoms with Crippen molar-refractivity contribution in [3.63, 3.8) is 0 Å². The summed E-state index contributed by atoms with van der Waals surface area (Å²) in [5.41, 5.74) is 3.65. The molecule has 1 amide bonds. The smallest absolute Gasteiger partial charge is 0.257 e. The summed E-state index contributed by atoms with van der Waals surface area (Å²) >= 11 is 0. The number of carbonyl (C=O) groups is 1. The fourth-order valence-corrected chi connectivity index (χ4v) is 3.09. The van der Waals surface area contributed by atoms with Gasteiger partial charge in [0.05, 0.1) is 5.57 Å². The number of hydrogen-bond acceptors (Lipinski definition) is 3. The van der Waals surface area contributed by atoms with E-state index in [2.05, 4.69) is 57.9 Å². The van der Waals surface area contributed by atoms with Crippen LogP contribution in [-0.4, -0.2) is 16.0 Å². The van der Waals surface area contributed by atoms with Crippen LogP contribution in [0.5, 0.6) is 5.75 Å². The number of rotatable bonds is 1. The molecule has 0 radical (unpaired) electrons. The molecule has 0 fully saturated rings. The maximum Gasteiger partial charge on any atom is 0.257 e. The van der Waals surface area contributed by atoms with Gasteiger partial charge in [0.15, 0.2) is 0 Å². The Kier molecular flexibility index (Phi) is 4.18. The molecule has 0 atom stereocenters. The molecule has 1 aromatic heterocycles. The van der Waals surface area contributed by atoms with E-state index in [1.807, 2.05) is 12.1 Å². The molecule has 4 heteroatoms. The van der Waals surface area contributed by atoms with E-state index in [9.17, 15) is 9.90 Å². The summed E-state index contributed by atoms with van der Waals surface area (Å²) in [5, 5.41) is 13.7. The number of fused-ring (bicyclic) bond motifs is 1. The molecule has 0 aliphatic carbocycles. The monoisotopic (exact) mass is 350 g/mol. The van der Waals surface area contributed by atoms with E-state index in [0.717, 1.165) is 16.7 Å². The molecule has 0 saturated heterocycles.